The number of methoxy groups -OCH3 is 1. The van der Waals surface area contributed by atoms with Gasteiger partial charge in [-0.15, -0.1) is 24.8 Å². The second kappa shape index (κ2) is 11.1. The molecule has 3 nitrogen and oxygen atoms in total. The number of halogens is 3. The minimum Gasteiger partial charge on any atom is -0.497 e. The SMILES string of the molecule is COc1ccc([C@@H](CCC(C)C)N2CCNCC2)c(F)c1.Cl.Cl. The van der Waals surface area contributed by atoms with Gasteiger partial charge in [0.05, 0.1) is 7.11 Å². The van der Waals surface area contributed by atoms with Gasteiger partial charge in [0.15, 0.2) is 0 Å². The van der Waals surface area contributed by atoms with Gasteiger partial charge < -0.3 is 10.1 Å². The van der Waals surface area contributed by atoms with Gasteiger partial charge in [-0.05, 0) is 24.8 Å². The average Bonchev–Trinajstić information content (AvgIpc) is 2.49. The maximum atomic E-state index is 14.4. The fourth-order valence-electron chi connectivity index (χ4n) is 2.92. The molecule has 1 saturated heterocycles. The number of benzene rings is 1. The van der Waals surface area contributed by atoms with Gasteiger partial charge in [0.25, 0.3) is 0 Å². The number of nitrogens with one attached hydrogen (secondary N) is 1. The number of piperazine rings is 1. The lowest BCUT2D eigenvalue weighted by molar-refractivity contribution is 0.156. The molecule has 0 amide bonds. The van der Waals surface area contributed by atoms with Crippen LogP contribution in [-0.4, -0.2) is 38.2 Å². The van der Waals surface area contributed by atoms with E-state index in [9.17, 15) is 4.39 Å². The van der Waals surface area contributed by atoms with Crippen molar-refractivity contribution >= 4 is 24.8 Å². The van der Waals surface area contributed by atoms with Crippen molar-refractivity contribution in [2.45, 2.75) is 32.7 Å². The molecule has 1 fully saturated rings. The van der Waals surface area contributed by atoms with Crippen LogP contribution in [0, 0.1) is 11.7 Å². The quantitative estimate of drug-likeness (QED) is 0.821. The maximum absolute atomic E-state index is 14.4. The molecule has 1 heterocycles. The lowest BCUT2D eigenvalue weighted by Gasteiger charge is -2.36. The van der Waals surface area contributed by atoms with Crippen LogP contribution in [0.15, 0.2) is 18.2 Å². The Morgan fingerprint density at radius 1 is 1.17 bits per heavy atom. The summed E-state index contributed by atoms with van der Waals surface area (Å²) < 4.78 is 19.6. The van der Waals surface area contributed by atoms with Gasteiger partial charge in [-0.3, -0.25) is 4.90 Å². The Bertz CT molecular complexity index is 454. The van der Waals surface area contributed by atoms with Gasteiger partial charge in [0.1, 0.15) is 11.6 Å². The normalized spacial score (nSPS) is 16.4. The highest BCUT2D eigenvalue weighted by atomic mass is 35.5. The first kappa shape index (κ1) is 22.4. The number of nitrogens with zero attached hydrogens (tertiary/aromatic N) is 1. The molecule has 0 spiro atoms. The number of rotatable bonds is 6. The average molecular weight is 367 g/mol. The molecule has 134 valence electrons. The molecule has 2 rings (SSSR count). The van der Waals surface area contributed by atoms with Gasteiger partial charge in [0.2, 0.25) is 0 Å². The van der Waals surface area contributed by atoms with E-state index in [0.717, 1.165) is 44.6 Å². The fraction of sp³-hybridized carbons (Fsp3) is 0.647. The number of hydrogen-bond acceptors (Lipinski definition) is 3. The summed E-state index contributed by atoms with van der Waals surface area (Å²) in [6, 6.07) is 5.42. The second-order valence-electron chi connectivity index (χ2n) is 6.16. The molecule has 0 aromatic heterocycles. The van der Waals surface area contributed by atoms with Crippen LogP contribution in [0.1, 0.15) is 38.3 Å². The van der Waals surface area contributed by atoms with Crippen LogP contribution in [0.3, 0.4) is 0 Å². The molecule has 0 aliphatic carbocycles. The first-order chi connectivity index (χ1) is 10.1. The monoisotopic (exact) mass is 366 g/mol. The highest BCUT2D eigenvalue weighted by Crippen LogP contribution is 2.31. The van der Waals surface area contributed by atoms with E-state index >= 15 is 0 Å². The Kier molecular flexibility index (Phi) is 10.8. The fourth-order valence-corrected chi connectivity index (χ4v) is 2.92. The lowest BCUT2D eigenvalue weighted by atomic mass is 9.95. The molecule has 6 heteroatoms. The summed E-state index contributed by atoms with van der Waals surface area (Å²) in [5, 5.41) is 3.36. The molecule has 1 atom stereocenters. The zero-order chi connectivity index (χ0) is 15.2. The van der Waals surface area contributed by atoms with Crippen LogP contribution in [0.25, 0.3) is 0 Å². The molecule has 0 unspecified atom stereocenters. The summed E-state index contributed by atoms with van der Waals surface area (Å²) in [5.41, 5.74) is 0.804. The third kappa shape index (κ3) is 6.46. The van der Waals surface area contributed by atoms with Crippen LogP contribution in [0.4, 0.5) is 4.39 Å². The Morgan fingerprint density at radius 2 is 1.83 bits per heavy atom. The summed E-state index contributed by atoms with van der Waals surface area (Å²) in [6.45, 7) is 8.37. The molecule has 1 aliphatic rings. The Balaban J connectivity index is 0.00000242. The third-order valence-corrected chi connectivity index (χ3v) is 4.18. The van der Waals surface area contributed by atoms with E-state index in [1.165, 1.54) is 6.07 Å². The van der Waals surface area contributed by atoms with Gasteiger partial charge in [-0.1, -0.05) is 19.9 Å². The van der Waals surface area contributed by atoms with E-state index in [0.29, 0.717) is 11.7 Å². The Morgan fingerprint density at radius 3 is 2.35 bits per heavy atom. The van der Waals surface area contributed by atoms with Crippen molar-refractivity contribution in [2.75, 3.05) is 33.3 Å². The summed E-state index contributed by atoms with van der Waals surface area (Å²) in [6.07, 6.45) is 2.11. The van der Waals surface area contributed by atoms with Crippen molar-refractivity contribution in [3.05, 3.63) is 29.6 Å². The predicted molar refractivity (Wildman–Crippen MR) is 98.7 cm³/mol. The Labute approximate surface area is 151 Å². The molecule has 0 radical (unpaired) electrons. The zero-order valence-electron chi connectivity index (χ0n) is 14.2. The summed E-state index contributed by atoms with van der Waals surface area (Å²) in [7, 11) is 1.57. The molecule has 0 bridgehead atoms. The molecular weight excluding hydrogens is 338 g/mol. The van der Waals surface area contributed by atoms with E-state index in [1.807, 2.05) is 12.1 Å². The first-order valence-corrected chi connectivity index (χ1v) is 7.90. The van der Waals surface area contributed by atoms with Crippen molar-refractivity contribution in [1.82, 2.24) is 10.2 Å². The van der Waals surface area contributed by atoms with Gasteiger partial charge in [0, 0.05) is 43.9 Å². The topological polar surface area (TPSA) is 24.5 Å². The molecular formula is C17H29Cl2FN2O. The van der Waals surface area contributed by atoms with Gasteiger partial charge in [-0.2, -0.15) is 0 Å². The van der Waals surface area contributed by atoms with Gasteiger partial charge in [-0.25, -0.2) is 4.39 Å². The smallest absolute Gasteiger partial charge is 0.131 e. The third-order valence-electron chi connectivity index (χ3n) is 4.18. The number of hydrogen-bond donors (Lipinski definition) is 1. The van der Waals surface area contributed by atoms with Crippen molar-refractivity contribution in [3.8, 4) is 5.75 Å². The van der Waals surface area contributed by atoms with Crippen molar-refractivity contribution in [1.29, 1.82) is 0 Å². The zero-order valence-corrected chi connectivity index (χ0v) is 15.8. The van der Waals surface area contributed by atoms with Gasteiger partial charge >= 0.3 is 0 Å². The molecule has 1 aliphatic heterocycles. The summed E-state index contributed by atoms with van der Waals surface area (Å²) >= 11 is 0. The van der Waals surface area contributed by atoms with Crippen LogP contribution >= 0.6 is 24.8 Å². The summed E-state index contributed by atoms with van der Waals surface area (Å²) in [4.78, 5) is 2.41. The predicted octanol–water partition coefficient (Wildman–Crippen LogP) is 4.06. The molecule has 0 saturated carbocycles. The standard InChI is InChI=1S/C17H27FN2O.2ClH/c1-13(2)4-7-17(20-10-8-19-9-11-20)15-6-5-14(21-3)12-16(15)18;;/h5-6,12-13,17,19H,4,7-11H2,1-3H3;2*1H/t17-;;/m1../s1. The van der Waals surface area contributed by atoms with E-state index in [-0.39, 0.29) is 36.7 Å². The van der Waals surface area contributed by atoms with E-state index in [1.54, 1.807) is 7.11 Å². The van der Waals surface area contributed by atoms with Crippen LogP contribution < -0.4 is 10.1 Å². The summed E-state index contributed by atoms with van der Waals surface area (Å²) in [5.74, 6) is 1.07. The van der Waals surface area contributed by atoms with Crippen molar-refractivity contribution < 1.29 is 9.13 Å². The van der Waals surface area contributed by atoms with E-state index < -0.39 is 0 Å². The first-order valence-electron chi connectivity index (χ1n) is 7.90. The highest BCUT2D eigenvalue weighted by Gasteiger charge is 2.24. The van der Waals surface area contributed by atoms with Crippen molar-refractivity contribution in [3.63, 3.8) is 0 Å². The second-order valence-corrected chi connectivity index (χ2v) is 6.16. The maximum Gasteiger partial charge on any atom is 0.131 e. The highest BCUT2D eigenvalue weighted by molar-refractivity contribution is 5.85. The largest absolute Gasteiger partial charge is 0.497 e. The van der Waals surface area contributed by atoms with Crippen LogP contribution in [0.5, 0.6) is 5.75 Å². The molecule has 1 aromatic rings. The Hall–Kier alpha value is -0.550. The number of ether oxygens (including phenoxy) is 1. The molecule has 23 heavy (non-hydrogen) atoms. The minimum absolute atomic E-state index is 0. The minimum atomic E-state index is -0.151. The molecule has 1 aromatic carbocycles. The lowest BCUT2D eigenvalue weighted by Crippen LogP contribution is -2.45. The van der Waals surface area contributed by atoms with E-state index in [2.05, 4.69) is 24.1 Å². The van der Waals surface area contributed by atoms with E-state index in [4.69, 9.17) is 4.74 Å². The van der Waals surface area contributed by atoms with Crippen molar-refractivity contribution in [2.24, 2.45) is 5.92 Å². The van der Waals surface area contributed by atoms with Crippen LogP contribution in [0.2, 0.25) is 0 Å². The van der Waals surface area contributed by atoms with Crippen LogP contribution in [-0.2, 0) is 0 Å². The molecule has 1 N–H and O–H groups in total.